The van der Waals surface area contributed by atoms with Crippen molar-refractivity contribution in [1.82, 2.24) is 4.98 Å². The van der Waals surface area contributed by atoms with Crippen LogP contribution in [0.2, 0.25) is 10.0 Å². The third-order valence-corrected chi connectivity index (χ3v) is 4.09. The van der Waals surface area contributed by atoms with Crippen molar-refractivity contribution in [1.29, 1.82) is 0 Å². The highest BCUT2D eigenvalue weighted by atomic mass is 35.5. The smallest absolute Gasteiger partial charge is 0.200 e. The molecule has 1 aliphatic heterocycles. The first-order valence-electron chi connectivity index (χ1n) is 6.82. The SMILES string of the molecule is Clc1ccc(CC2(c3cccnc3)OCCCO2)c(Cl)c1. The van der Waals surface area contributed by atoms with E-state index in [0.29, 0.717) is 29.7 Å². The van der Waals surface area contributed by atoms with E-state index >= 15 is 0 Å². The standard InChI is InChI=1S/C16H15Cl2NO2/c17-14-5-4-12(15(18)9-14)10-16(20-7-2-8-21-16)13-3-1-6-19-11-13/h1,3-6,9,11H,2,7-8,10H2. The highest BCUT2D eigenvalue weighted by Crippen LogP contribution is 2.36. The Bertz CT molecular complexity index is 613. The van der Waals surface area contributed by atoms with E-state index in [4.69, 9.17) is 32.7 Å². The average molecular weight is 324 g/mol. The highest BCUT2D eigenvalue weighted by molar-refractivity contribution is 6.35. The summed E-state index contributed by atoms with van der Waals surface area (Å²) in [6.45, 7) is 1.31. The largest absolute Gasteiger partial charge is 0.345 e. The minimum atomic E-state index is -0.829. The van der Waals surface area contributed by atoms with Crippen molar-refractivity contribution in [3.8, 4) is 0 Å². The molecular formula is C16H15Cl2NO2. The van der Waals surface area contributed by atoms with Gasteiger partial charge in [-0.15, -0.1) is 0 Å². The summed E-state index contributed by atoms with van der Waals surface area (Å²) in [6.07, 6.45) is 4.91. The highest BCUT2D eigenvalue weighted by Gasteiger charge is 2.37. The molecule has 0 spiro atoms. The summed E-state index contributed by atoms with van der Waals surface area (Å²) in [6, 6.07) is 9.30. The van der Waals surface area contributed by atoms with Gasteiger partial charge in [0.2, 0.25) is 0 Å². The van der Waals surface area contributed by atoms with Gasteiger partial charge in [0, 0.05) is 34.4 Å². The number of nitrogens with zero attached hydrogens (tertiary/aromatic N) is 1. The van der Waals surface area contributed by atoms with Crippen LogP contribution >= 0.6 is 23.2 Å². The maximum absolute atomic E-state index is 6.29. The summed E-state index contributed by atoms with van der Waals surface area (Å²) in [4.78, 5) is 4.17. The van der Waals surface area contributed by atoms with Gasteiger partial charge in [0.1, 0.15) is 0 Å². The topological polar surface area (TPSA) is 31.4 Å². The Hall–Kier alpha value is -1.13. The Morgan fingerprint density at radius 1 is 1.14 bits per heavy atom. The quantitative estimate of drug-likeness (QED) is 0.847. The van der Waals surface area contributed by atoms with Gasteiger partial charge in [0.05, 0.1) is 13.2 Å². The zero-order valence-electron chi connectivity index (χ0n) is 11.4. The van der Waals surface area contributed by atoms with Crippen LogP contribution in [0.5, 0.6) is 0 Å². The van der Waals surface area contributed by atoms with Gasteiger partial charge in [0.15, 0.2) is 5.79 Å². The fraction of sp³-hybridized carbons (Fsp3) is 0.312. The van der Waals surface area contributed by atoms with Crippen molar-refractivity contribution < 1.29 is 9.47 Å². The van der Waals surface area contributed by atoms with E-state index in [-0.39, 0.29) is 0 Å². The number of aromatic nitrogens is 1. The first kappa shape index (κ1) is 14.8. The molecule has 1 fully saturated rings. The van der Waals surface area contributed by atoms with E-state index in [1.807, 2.05) is 24.3 Å². The van der Waals surface area contributed by atoms with Crippen LogP contribution < -0.4 is 0 Å². The molecule has 0 bridgehead atoms. The van der Waals surface area contributed by atoms with Crippen LogP contribution in [-0.2, 0) is 21.7 Å². The Balaban J connectivity index is 1.96. The maximum atomic E-state index is 6.29. The normalized spacial score (nSPS) is 17.6. The Kier molecular flexibility index (Phi) is 4.45. The lowest BCUT2D eigenvalue weighted by Crippen LogP contribution is -2.40. The second kappa shape index (κ2) is 6.32. The van der Waals surface area contributed by atoms with E-state index in [0.717, 1.165) is 17.5 Å². The van der Waals surface area contributed by atoms with Gasteiger partial charge in [-0.3, -0.25) is 4.98 Å². The number of rotatable bonds is 3. The Morgan fingerprint density at radius 2 is 1.95 bits per heavy atom. The molecule has 2 aromatic rings. The lowest BCUT2D eigenvalue weighted by molar-refractivity contribution is -0.275. The predicted molar refractivity (Wildman–Crippen MR) is 82.6 cm³/mol. The van der Waals surface area contributed by atoms with Crippen molar-refractivity contribution in [2.45, 2.75) is 18.6 Å². The van der Waals surface area contributed by atoms with E-state index in [1.165, 1.54) is 0 Å². The molecular weight excluding hydrogens is 309 g/mol. The number of pyridine rings is 1. The Morgan fingerprint density at radius 3 is 2.62 bits per heavy atom. The monoisotopic (exact) mass is 323 g/mol. The van der Waals surface area contributed by atoms with E-state index in [2.05, 4.69) is 4.98 Å². The molecule has 110 valence electrons. The minimum absolute atomic E-state index is 0.523. The molecule has 0 atom stereocenters. The first-order valence-corrected chi connectivity index (χ1v) is 7.58. The van der Waals surface area contributed by atoms with Crippen molar-refractivity contribution >= 4 is 23.2 Å². The zero-order valence-corrected chi connectivity index (χ0v) is 12.9. The summed E-state index contributed by atoms with van der Waals surface area (Å²) in [5.41, 5.74) is 1.84. The number of hydrogen-bond donors (Lipinski definition) is 0. The average Bonchev–Trinajstić information content (AvgIpc) is 2.52. The molecule has 0 radical (unpaired) electrons. The molecule has 0 saturated carbocycles. The lowest BCUT2D eigenvalue weighted by Gasteiger charge is -2.37. The van der Waals surface area contributed by atoms with Gasteiger partial charge < -0.3 is 9.47 Å². The summed E-state index contributed by atoms with van der Waals surface area (Å²) in [7, 11) is 0. The third-order valence-electron chi connectivity index (χ3n) is 3.50. The van der Waals surface area contributed by atoms with Crippen LogP contribution in [0.25, 0.3) is 0 Å². The van der Waals surface area contributed by atoms with Crippen LogP contribution in [0.4, 0.5) is 0 Å². The first-order chi connectivity index (χ1) is 10.2. The molecule has 1 aromatic carbocycles. The molecule has 1 aliphatic rings. The molecule has 21 heavy (non-hydrogen) atoms. The third kappa shape index (κ3) is 3.22. The van der Waals surface area contributed by atoms with E-state index in [9.17, 15) is 0 Å². The summed E-state index contributed by atoms with van der Waals surface area (Å²) < 4.78 is 12.0. The molecule has 1 saturated heterocycles. The number of hydrogen-bond acceptors (Lipinski definition) is 3. The van der Waals surface area contributed by atoms with Crippen LogP contribution in [0.15, 0.2) is 42.7 Å². The Labute approximate surface area is 133 Å². The number of halogens is 2. The van der Waals surface area contributed by atoms with Gasteiger partial charge in [-0.25, -0.2) is 0 Å². The van der Waals surface area contributed by atoms with E-state index in [1.54, 1.807) is 18.5 Å². The fourth-order valence-corrected chi connectivity index (χ4v) is 2.92. The molecule has 0 unspecified atom stereocenters. The minimum Gasteiger partial charge on any atom is -0.345 e. The number of benzene rings is 1. The van der Waals surface area contributed by atoms with Crippen LogP contribution in [0, 0.1) is 0 Å². The summed E-state index contributed by atoms with van der Waals surface area (Å²) >= 11 is 12.2. The van der Waals surface area contributed by atoms with Gasteiger partial charge in [-0.2, -0.15) is 0 Å². The van der Waals surface area contributed by atoms with Gasteiger partial charge in [0.25, 0.3) is 0 Å². The molecule has 1 aromatic heterocycles. The van der Waals surface area contributed by atoms with Crippen LogP contribution in [0.3, 0.4) is 0 Å². The molecule has 2 heterocycles. The van der Waals surface area contributed by atoms with Crippen molar-refractivity contribution in [3.05, 3.63) is 63.9 Å². The van der Waals surface area contributed by atoms with Crippen LogP contribution in [0.1, 0.15) is 17.5 Å². The van der Waals surface area contributed by atoms with E-state index < -0.39 is 5.79 Å². The molecule has 0 aliphatic carbocycles. The summed E-state index contributed by atoms with van der Waals surface area (Å²) in [5.74, 6) is -0.829. The number of ether oxygens (including phenoxy) is 2. The van der Waals surface area contributed by atoms with Crippen molar-refractivity contribution in [2.75, 3.05) is 13.2 Å². The van der Waals surface area contributed by atoms with Gasteiger partial charge >= 0.3 is 0 Å². The lowest BCUT2D eigenvalue weighted by atomic mass is 9.97. The molecule has 3 rings (SSSR count). The second-order valence-corrected chi connectivity index (χ2v) is 5.80. The maximum Gasteiger partial charge on any atom is 0.200 e. The van der Waals surface area contributed by atoms with Crippen molar-refractivity contribution in [2.24, 2.45) is 0 Å². The molecule has 5 heteroatoms. The van der Waals surface area contributed by atoms with Gasteiger partial charge in [-0.1, -0.05) is 35.3 Å². The molecule has 0 N–H and O–H groups in total. The van der Waals surface area contributed by atoms with Crippen LogP contribution in [-0.4, -0.2) is 18.2 Å². The summed E-state index contributed by atoms with van der Waals surface area (Å²) in [5, 5.41) is 1.23. The zero-order chi connectivity index (χ0) is 14.7. The molecule has 3 nitrogen and oxygen atoms in total. The molecule has 0 amide bonds. The van der Waals surface area contributed by atoms with Crippen molar-refractivity contribution in [3.63, 3.8) is 0 Å². The van der Waals surface area contributed by atoms with Gasteiger partial charge in [-0.05, 0) is 30.2 Å². The second-order valence-electron chi connectivity index (χ2n) is 4.96. The fourth-order valence-electron chi connectivity index (χ4n) is 2.45. The predicted octanol–water partition coefficient (Wildman–Crippen LogP) is 4.22.